The van der Waals surface area contributed by atoms with E-state index < -0.39 is 0 Å². The molecule has 21 heavy (non-hydrogen) atoms. The number of nitrogens with two attached hydrogens (primary N) is 1. The van der Waals surface area contributed by atoms with Gasteiger partial charge in [-0.15, -0.1) is 10.2 Å². The Hall–Kier alpha value is -1.93. The van der Waals surface area contributed by atoms with E-state index in [1.807, 2.05) is 0 Å². The van der Waals surface area contributed by atoms with Gasteiger partial charge in [0.15, 0.2) is 0 Å². The Morgan fingerprint density at radius 3 is 2.95 bits per heavy atom. The second-order valence-corrected chi connectivity index (χ2v) is 5.24. The molecule has 0 bridgehead atoms. The van der Waals surface area contributed by atoms with Gasteiger partial charge in [0.05, 0.1) is 12.3 Å². The molecule has 2 rings (SSSR count). The zero-order valence-corrected chi connectivity index (χ0v) is 12.2. The number of thioether (sulfide) groups is 1. The maximum Gasteiger partial charge on any atom is 0.277 e. The molecule has 1 heterocycles. The van der Waals surface area contributed by atoms with E-state index in [-0.39, 0.29) is 30.6 Å². The second kappa shape index (κ2) is 7.19. The number of rotatable bonds is 6. The summed E-state index contributed by atoms with van der Waals surface area (Å²) in [7, 11) is 0. The number of hydrogen-bond donors (Lipinski definition) is 2. The molecule has 0 saturated heterocycles. The number of nitrogens with zero attached hydrogens (tertiary/aromatic N) is 2. The monoisotopic (exact) mass is 310 g/mol. The number of halogens is 1. The summed E-state index contributed by atoms with van der Waals surface area (Å²) in [6.07, 6.45) is 0. The maximum atomic E-state index is 13.4. The van der Waals surface area contributed by atoms with Crippen LogP contribution in [0.4, 0.5) is 4.39 Å². The Balaban J connectivity index is 1.77. The van der Waals surface area contributed by atoms with Crippen molar-refractivity contribution in [3.8, 4) is 0 Å². The topological polar surface area (TPSA) is 94.0 Å². The summed E-state index contributed by atoms with van der Waals surface area (Å²) in [5.41, 5.74) is 6.62. The fourth-order valence-electron chi connectivity index (χ4n) is 1.50. The summed E-state index contributed by atoms with van der Waals surface area (Å²) in [5.74, 6) is -0.0154. The third-order valence-electron chi connectivity index (χ3n) is 2.68. The van der Waals surface area contributed by atoms with E-state index in [1.165, 1.54) is 6.07 Å². The van der Waals surface area contributed by atoms with Crippen molar-refractivity contribution in [3.63, 3.8) is 0 Å². The molecule has 0 aliphatic heterocycles. The standard InChI is InChI=1S/C13H15FN4O2S/c1-8-2-3-9(4-10(8)14)6-16-11(19)7-21-13-18-17-12(5-15)20-13/h2-4H,5-7,15H2,1H3,(H,16,19). The SMILES string of the molecule is Cc1ccc(CNC(=O)CSc2nnc(CN)o2)cc1F. The van der Waals surface area contributed by atoms with Gasteiger partial charge in [0.25, 0.3) is 5.22 Å². The highest BCUT2D eigenvalue weighted by molar-refractivity contribution is 7.99. The highest BCUT2D eigenvalue weighted by atomic mass is 32.2. The van der Waals surface area contributed by atoms with Gasteiger partial charge in [-0.05, 0) is 24.1 Å². The number of benzene rings is 1. The van der Waals surface area contributed by atoms with Gasteiger partial charge in [-0.25, -0.2) is 4.39 Å². The molecule has 1 aromatic heterocycles. The largest absolute Gasteiger partial charge is 0.415 e. The summed E-state index contributed by atoms with van der Waals surface area (Å²) in [6.45, 7) is 2.13. The van der Waals surface area contributed by atoms with Crippen molar-refractivity contribution in [3.05, 3.63) is 41.0 Å². The van der Waals surface area contributed by atoms with Crippen LogP contribution in [0.2, 0.25) is 0 Å². The lowest BCUT2D eigenvalue weighted by Crippen LogP contribution is -2.24. The van der Waals surface area contributed by atoms with Gasteiger partial charge in [-0.3, -0.25) is 4.79 Å². The third-order valence-corrected chi connectivity index (χ3v) is 3.49. The molecular formula is C13H15FN4O2S. The molecular weight excluding hydrogens is 295 g/mol. The minimum atomic E-state index is -0.281. The van der Waals surface area contributed by atoms with Crippen LogP contribution in [0.25, 0.3) is 0 Å². The number of aryl methyl sites for hydroxylation is 1. The van der Waals surface area contributed by atoms with Crippen LogP contribution in [-0.4, -0.2) is 21.9 Å². The molecule has 0 atom stereocenters. The van der Waals surface area contributed by atoms with Crippen molar-refractivity contribution in [2.24, 2.45) is 5.73 Å². The van der Waals surface area contributed by atoms with Crippen LogP contribution < -0.4 is 11.1 Å². The summed E-state index contributed by atoms with van der Waals surface area (Å²) in [4.78, 5) is 11.7. The Kier molecular flexibility index (Phi) is 5.29. The van der Waals surface area contributed by atoms with Crippen molar-refractivity contribution < 1.29 is 13.6 Å². The molecule has 0 fully saturated rings. The number of carbonyl (C=O) groups excluding carboxylic acids is 1. The first-order valence-electron chi connectivity index (χ1n) is 6.25. The average molecular weight is 310 g/mol. The second-order valence-electron chi connectivity index (χ2n) is 4.31. The highest BCUT2D eigenvalue weighted by Crippen LogP contribution is 2.15. The van der Waals surface area contributed by atoms with Gasteiger partial charge in [0.2, 0.25) is 11.8 Å². The fourth-order valence-corrected chi connectivity index (χ4v) is 2.11. The summed E-state index contributed by atoms with van der Waals surface area (Å²) in [6, 6.07) is 4.87. The van der Waals surface area contributed by atoms with E-state index in [1.54, 1.807) is 19.1 Å². The zero-order chi connectivity index (χ0) is 15.2. The lowest BCUT2D eigenvalue weighted by Gasteiger charge is -2.05. The Labute approximate surface area is 125 Å². The quantitative estimate of drug-likeness (QED) is 0.783. The molecule has 1 aromatic carbocycles. The van der Waals surface area contributed by atoms with E-state index in [9.17, 15) is 9.18 Å². The first kappa shape index (κ1) is 15.5. The van der Waals surface area contributed by atoms with Gasteiger partial charge < -0.3 is 15.5 Å². The van der Waals surface area contributed by atoms with Crippen molar-refractivity contribution in [2.75, 3.05) is 5.75 Å². The zero-order valence-electron chi connectivity index (χ0n) is 11.4. The molecule has 8 heteroatoms. The molecule has 0 spiro atoms. The first-order chi connectivity index (χ1) is 10.1. The first-order valence-corrected chi connectivity index (χ1v) is 7.24. The molecule has 0 aliphatic carbocycles. The molecule has 112 valence electrons. The van der Waals surface area contributed by atoms with Gasteiger partial charge in [-0.2, -0.15) is 0 Å². The minimum Gasteiger partial charge on any atom is -0.415 e. The number of nitrogens with one attached hydrogen (secondary N) is 1. The number of amides is 1. The summed E-state index contributed by atoms with van der Waals surface area (Å²) >= 11 is 1.12. The van der Waals surface area contributed by atoms with Crippen LogP contribution >= 0.6 is 11.8 Å². The predicted octanol–water partition coefficient (Wildman–Crippen LogP) is 1.38. The highest BCUT2D eigenvalue weighted by Gasteiger charge is 2.09. The van der Waals surface area contributed by atoms with E-state index in [0.717, 1.165) is 11.8 Å². The van der Waals surface area contributed by atoms with Crippen LogP contribution in [-0.2, 0) is 17.9 Å². The van der Waals surface area contributed by atoms with Crippen molar-refractivity contribution >= 4 is 17.7 Å². The lowest BCUT2D eigenvalue weighted by molar-refractivity contribution is -0.118. The van der Waals surface area contributed by atoms with Crippen LogP contribution in [0.1, 0.15) is 17.0 Å². The Bertz CT molecular complexity index is 632. The maximum absolute atomic E-state index is 13.4. The van der Waals surface area contributed by atoms with Crippen molar-refractivity contribution in [1.82, 2.24) is 15.5 Å². The van der Waals surface area contributed by atoms with E-state index in [4.69, 9.17) is 10.2 Å². The van der Waals surface area contributed by atoms with Gasteiger partial charge in [0, 0.05) is 6.54 Å². The van der Waals surface area contributed by atoms with Crippen LogP contribution in [0.15, 0.2) is 27.8 Å². The third kappa shape index (κ3) is 4.54. The Morgan fingerprint density at radius 1 is 1.48 bits per heavy atom. The van der Waals surface area contributed by atoms with Gasteiger partial charge in [-0.1, -0.05) is 23.9 Å². The molecule has 0 saturated carbocycles. The van der Waals surface area contributed by atoms with Gasteiger partial charge in [0.1, 0.15) is 5.82 Å². The number of hydrogen-bond acceptors (Lipinski definition) is 6. The molecule has 0 aliphatic rings. The van der Waals surface area contributed by atoms with Crippen LogP contribution in [0, 0.1) is 12.7 Å². The molecule has 2 aromatic rings. The lowest BCUT2D eigenvalue weighted by atomic mass is 10.1. The smallest absolute Gasteiger partial charge is 0.277 e. The number of carbonyl (C=O) groups is 1. The number of aromatic nitrogens is 2. The van der Waals surface area contributed by atoms with E-state index in [2.05, 4.69) is 15.5 Å². The average Bonchev–Trinajstić information content (AvgIpc) is 2.94. The molecule has 0 radical (unpaired) electrons. The van der Waals surface area contributed by atoms with Crippen molar-refractivity contribution in [2.45, 2.75) is 25.2 Å². The molecule has 0 unspecified atom stereocenters. The van der Waals surface area contributed by atoms with Crippen molar-refractivity contribution in [1.29, 1.82) is 0 Å². The minimum absolute atomic E-state index is 0.139. The summed E-state index contributed by atoms with van der Waals surface area (Å²) < 4.78 is 18.5. The normalized spacial score (nSPS) is 10.6. The molecule has 6 nitrogen and oxygen atoms in total. The fraction of sp³-hybridized carbons (Fsp3) is 0.308. The van der Waals surface area contributed by atoms with Crippen LogP contribution in [0.5, 0.6) is 0 Å². The van der Waals surface area contributed by atoms with E-state index >= 15 is 0 Å². The van der Waals surface area contributed by atoms with E-state index in [0.29, 0.717) is 22.2 Å². The molecule has 3 N–H and O–H groups in total. The predicted molar refractivity (Wildman–Crippen MR) is 75.9 cm³/mol. The Morgan fingerprint density at radius 2 is 2.29 bits per heavy atom. The molecule has 1 amide bonds. The van der Waals surface area contributed by atoms with Crippen LogP contribution in [0.3, 0.4) is 0 Å². The van der Waals surface area contributed by atoms with Gasteiger partial charge >= 0.3 is 0 Å². The summed E-state index contributed by atoms with van der Waals surface area (Å²) in [5, 5.41) is 10.4.